The monoisotopic (exact) mass is 334 g/mol. The topological polar surface area (TPSA) is 58.6 Å². The van der Waals surface area contributed by atoms with E-state index in [4.69, 9.17) is 4.74 Å². The number of carbonyl (C=O) groups is 2. The SMILES string of the molecule is CCCNC(=O)[C@@H](CC)N(Cc1ccc(OC)cc1)C(=O)CCC. The first-order chi connectivity index (χ1) is 11.6. The molecule has 0 aromatic heterocycles. The molecule has 0 saturated heterocycles. The van der Waals surface area contributed by atoms with E-state index in [2.05, 4.69) is 5.32 Å². The Kier molecular flexibility index (Phi) is 8.90. The largest absolute Gasteiger partial charge is 0.497 e. The van der Waals surface area contributed by atoms with Gasteiger partial charge in [-0.15, -0.1) is 0 Å². The second-order valence-electron chi connectivity index (χ2n) is 5.83. The Balaban J connectivity index is 2.95. The fourth-order valence-electron chi connectivity index (χ4n) is 2.57. The summed E-state index contributed by atoms with van der Waals surface area (Å²) in [5.41, 5.74) is 0.988. The summed E-state index contributed by atoms with van der Waals surface area (Å²) in [6.07, 6.45) is 2.70. The van der Waals surface area contributed by atoms with E-state index in [0.29, 0.717) is 25.9 Å². The normalized spacial score (nSPS) is 11.7. The summed E-state index contributed by atoms with van der Waals surface area (Å²) in [4.78, 5) is 26.7. The van der Waals surface area contributed by atoms with Crippen LogP contribution in [0.1, 0.15) is 52.0 Å². The zero-order valence-electron chi connectivity index (χ0n) is 15.3. The van der Waals surface area contributed by atoms with E-state index in [0.717, 1.165) is 24.2 Å². The highest BCUT2D eigenvalue weighted by molar-refractivity contribution is 5.87. The summed E-state index contributed by atoms with van der Waals surface area (Å²) in [7, 11) is 1.62. The van der Waals surface area contributed by atoms with E-state index in [1.807, 2.05) is 45.0 Å². The molecule has 0 fully saturated rings. The van der Waals surface area contributed by atoms with Crippen molar-refractivity contribution in [2.75, 3.05) is 13.7 Å². The van der Waals surface area contributed by atoms with Crippen LogP contribution in [0, 0.1) is 0 Å². The number of rotatable bonds is 10. The lowest BCUT2D eigenvalue weighted by Gasteiger charge is -2.30. The lowest BCUT2D eigenvalue weighted by molar-refractivity contribution is -0.141. The molecule has 1 aromatic rings. The number of nitrogens with zero attached hydrogens (tertiary/aromatic N) is 1. The predicted octanol–water partition coefficient (Wildman–Crippen LogP) is 3.13. The van der Waals surface area contributed by atoms with Crippen molar-refractivity contribution in [3.8, 4) is 5.75 Å². The first-order valence-corrected chi connectivity index (χ1v) is 8.77. The molecule has 5 heteroatoms. The summed E-state index contributed by atoms with van der Waals surface area (Å²) < 4.78 is 5.17. The summed E-state index contributed by atoms with van der Waals surface area (Å²) >= 11 is 0. The van der Waals surface area contributed by atoms with Crippen molar-refractivity contribution < 1.29 is 14.3 Å². The number of carbonyl (C=O) groups excluding carboxylic acids is 2. The lowest BCUT2D eigenvalue weighted by Crippen LogP contribution is -2.49. The average Bonchev–Trinajstić information content (AvgIpc) is 2.60. The van der Waals surface area contributed by atoms with Crippen molar-refractivity contribution in [2.24, 2.45) is 0 Å². The molecule has 2 amide bonds. The van der Waals surface area contributed by atoms with Gasteiger partial charge in [-0.3, -0.25) is 9.59 Å². The predicted molar refractivity (Wildman–Crippen MR) is 95.8 cm³/mol. The third-order valence-corrected chi connectivity index (χ3v) is 3.91. The molecule has 1 aromatic carbocycles. The number of hydrogen-bond acceptors (Lipinski definition) is 3. The molecular weight excluding hydrogens is 304 g/mol. The molecule has 0 heterocycles. The molecular formula is C19H30N2O3. The minimum atomic E-state index is -0.433. The van der Waals surface area contributed by atoms with Gasteiger partial charge >= 0.3 is 0 Å². The molecule has 0 radical (unpaired) electrons. The first-order valence-electron chi connectivity index (χ1n) is 8.77. The molecule has 24 heavy (non-hydrogen) atoms. The number of nitrogens with one attached hydrogen (secondary N) is 1. The molecule has 0 aliphatic heterocycles. The highest BCUT2D eigenvalue weighted by Gasteiger charge is 2.27. The van der Waals surface area contributed by atoms with Crippen LogP contribution in [0.25, 0.3) is 0 Å². The molecule has 0 aliphatic rings. The van der Waals surface area contributed by atoms with E-state index in [9.17, 15) is 9.59 Å². The minimum Gasteiger partial charge on any atom is -0.497 e. The quantitative estimate of drug-likeness (QED) is 0.715. The number of methoxy groups -OCH3 is 1. The van der Waals surface area contributed by atoms with Crippen LogP contribution in [0.3, 0.4) is 0 Å². The molecule has 5 nitrogen and oxygen atoms in total. The summed E-state index contributed by atoms with van der Waals surface area (Å²) in [6.45, 7) is 6.99. The van der Waals surface area contributed by atoms with Crippen molar-refractivity contribution in [1.82, 2.24) is 10.2 Å². The molecule has 1 rings (SSSR count). The summed E-state index contributed by atoms with van der Waals surface area (Å²) in [5, 5.41) is 2.91. The Morgan fingerprint density at radius 1 is 1.12 bits per heavy atom. The Morgan fingerprint density at radius 3 is 2.29 bits per heavy atom. The van der Waals surface area contributed by atoms with E-state index in [-0.39, 0.29) is 11.8 Å². The van der Waals surface area contributed by atoms with Gasteiger partial charge in [-0.2, -0.15) is 0 Å². The van der Waals surface area contributed by atoms with E-state index in [1.165, 1.54) is 0 Å². The van der Waals surface area contributed by atoms with Gasteiger partial charge in [-0.05, 0) is 37.0 Å². The Morgan fingerprint density at radius 2 is 1.79 bits per heavy atom. The standard InChI is InChI=1S/C19H30N2O3/c1-5-8-18(22)21(17(7-3)19(23)20-13-6-2)14-15-9-11-16(24-4)12-10-15/h9-12,17H,5-8,13-14H2,1-4H3,(H,20,23)/t17-/m1/s1. The second-order valence-corrected chi connectivity index (χ2v) is 5.83. The van der Waals surface area contributed by atoms with Crippen LogP contribution in [0.2, 0.25) is 0 Å². The van der Waals surface area contributed by atoms with E-state index in [1.54, 1.807) is 12.0 Å². The van der Waals surface area contributed by atoms with Gasteiger partial charge in [0.05, 0.1) is 7.11 Å². The average molecular weight is 334 g/mol. The number of benzene rings is 1. The van der Waals surface area contributed by atoms with E-state index >= 15 is 0 Å². The molecule has 0 aliphatic carbocycles. The van der Waals surface area contributed by atoms with Gasteiger partial charge in [0, 0.05) is 19.5 Å². The van der Waals surface area contributed by atoms with Crippen LogP contribution in [0.15, 0.2) is 24.3 Å². The van der Waals surface area contributed by atoms with Crippen LogP contribution in [-0.4, -0.2) is 36.4 Å². The fourth-order valence-corrected chi connectivity index (χ4v) is 2.57. The van der Waals surface area contributed by atoms with Gasteiger partial charge in [-0.25, -0.2) is 0 Å². The van der Waals surface area contributed by atoms with Crippen LogP contribution < -0.4 is 10.1 Å². The zero-order chi connectivity index (χ0) is 17.9. The number of ether oxygens (including phenoxy) is 1. The first kappa shape index (κ1) is 20.0. The highest BCUT2D eigenvalue weighted by atomic mass is 16.5. The third-order valence-electron chi connectivity index (χ3n) is 3.91. The fraction of sp³-hybridized carbons (Fsp3) is 0.579. The molecule has 0 bridgehead atoms. The Labute approximate surface area is 145 Å². The van der Waals surface area contributed by atoms with Gasteiger partial charge in [0.25, 0.3) is 0 Å². The third kappa shape index (κ3) is 5.87. The van der Waals surface area contributed by atoms with Crippen LogP contribution >= 0.6 is 0 Å². The smallest absolute Gasteiger partial charge is 0.242 e. The molecule has 1 N–H and O–H groups in total. The molecule has 0 saturated carbocycles. The van der Waals surface area contributed by atoms with Crippen LogP contribution in [0.4, 0.5) is 0 Å². The summed E-state index contributed by atoms with van der Waals surface area (Å²) in [5.74, 6) is 0.724. The van der Waals surface area contributed by atoms with E-state index < -0.39 is 6.04 Å². The van der Waals surface area contributed by atoms with Gasteiger partial charge < -0.3 is 15.0 Å². The maximum atomic E-state index is 12.6. The minimum absolute atomic E-state index is 0.0202. The van der Waals surface area contributed by atoms with Gasteiger partial charge in [0.2, 0.25) is 11.8 Å². The van der Waals surface area contributed by atoms with Gasteiger partial charge in [-0.1, -0.05) is 32.9 Å². The highest BCUT2D eigenvalue weighted by Crippen LogP contribution is 2.17. The van der Waals surface area contributed by atoms with Crippen LogP contribution in [-0.2, 0) is 16.1 Å². The van der Waals surface area contributed by atoms with Crippen molar-refractivity contribution in [3.05, 3.63) is 29.8 Å². The zero-order valence-corrected chi connectivity index (χ0v) is 15.3. The Hall–Kier alpha value is -2.04. The van der Waals surface area contributed by atoms with Crippen molar-refractivity contribution in [1.29, 1.82) is 0 Å². The van der Waals surface area contributed by atoms with Gasteiger partial charge in [0.15, 0.2) is 0 Å². The van der Waals surface area contributed by atoms with Crippen molar-refractivity contribution >= 4 is 11.8 Å². The summed E-state index contributed by atoms with van der Waals surface area (Å²) in [6, 6.07) is 7.17. The maximum absolute atomic E-state index is 12.6. The number of hydrogen-bond donors (Lipinski definition) is 1. The second kappa shape index (κ2) is 10.7. The van der Waals surface area contributed by atoms with Crippen molar-refractivity contribution in [3.63, 3.8) is 0 Å². The molecule has 0 spiro atoms. The van der Waals surface area contributed by atoms with Gasteiger partial charge in [0.1, 0.15) is 11.8 Å². The molecule has 1 atom stereocenters. The van der Waals surface area contributed by atoms with Crippen LogP contribution in [0.5, 0.6) is 5.75 Å². The maximum Gasteiger partial charge on any atom is 0.242 e. The lowest BCUT2D eigenvalue weighted by atomic mass is 10.1. The number of amides is 2. The molecule has 0 unspecified atom stereocenters. The van der Waals surface area contributed by atoms with Crippen molar-refractivity contribution in [2.45, 2.75) is 59.0 Å². The Bertz CT molecular complexity index is 514. The molecule has 134 valence electrons.